The Balaban J connectivity index is 1.65. The molecule has 0 unspecified atom stereocenters. The van der Waals surface area contributed by atoms with E-state index in [-0.39, 0.29) is 6.42 Å². The SMILES string of the molecule is CC(C)n1cncc1CN1CCn2nc(CCC(=O)O)cc2C1. The molecule has 1 aliphatic rings. The molecule has 7 nitrogen and oxygen atoms in total. The van der Waals surface area contributed by atoms with Crippen molar-refractivity contribution in [2.45, 2.75) is 52.4 Å². The summed E-state index contributed by atoms with van der Waals surface area (Å²) in [4.78, 5) is 17.3. The molecule has 124 valence electrons. The summed E-state index contributed by atoms with van der Waals surface area (Å²) >= 11 is 0. The zero-order chi connectivity index (χ0) is 16.4. The van der Waals surface area contributed by atoms with Crippen molar-refractivity contribution in [3.05, 3.63) is 35.7 Å². The second kappa shape index (κ2) is 6.54. The number of carboxylic acids is 1. The van der Waals surface area contributed by atoms with Crippen LogP contribution in [0.4, 0.5) is 0 Å². The minimum atomic E-state index is -0.778. The van der Waals surface area contributed by atoms with E-state index in [1.54, 1.807) is 0 Å². The van der Waals surface area contributed by atoms with E-state index in [4.69, 9.17) is 5.11 Å². The van der Waals surface area contributed by atoms with Crippen LogP contribution in [0, 0.1) is 0 Å². The van der Waals surface area contributed by atoms with Crippen LogP contribution in [0.15, 0.2) is 18.6 Å². The van der Waals surface area contributed by atoms with E-state index < -0.39 is 5.97 Å². The summed E-state index contributed by atoms with van der Waals surface area (Å²) in [5.74, 6) is -0.778. The summed E-state index contributed by atoms with van der Waals surface area (Å²) in [6, 6.07) is 2.44. The van der Waals surface area contributed by atoms with Gasteiger partial charge in [-0.15, -0.1) is 0 Å². The molecule has 0 saturated heterocycles. The molecule has 0 bridgehead atoms. The lowest BCUT2D eigenvalue weighted by molar-refractivity contribution is -0.136. The van der Waals surface area contributed by atoms with E-state index >= 15 is 0 Å². The van der Waals surface area contributed by atoms with Gasteiger partial charge in [-0.3, -0.25) is 14.4 Å². The lowest BCUT2D eigenvalue weighted by Gasteiger charge is -2.28. The van der Waals surface area contributed by atoms with Crippen LogP contribution < -0.4 is 0 Å². The third-order valence-electron chi connectivity index (χ3n) is 4.21. The first-order valence-corrected chi connectivity index (χ1v) is 8.03. The van der Waals surface area contributed by atoms with Crippen LogP contribution >= 0.6 is 0 Å². The summed E-state index contributed by atoms with van der Waals surface area (Å²) in [7, 11) is 0. The van der Waals surface area contributed by atoms with Gasteiger partial charge in [-0.1, -0.05) is 0 Å². The van der Waals surface area contributed by atoms with Gasteiger partial charge in [-0.05, 0) is 19.9 Å². The Kier molecular flexibility index (Phi) is 4.47. The topological polar surface area (TPSA) is 76.2 Å². The number of nitrogens with zero attached hydrogens (tertiary/aromatic N) is 5. The number of fused-ring (bicyclic) bond motifs is 1. The molecule has 0 fully saturated rings. The number of aliphatic carboxylic acids is 1. The van der Waals surface area contributed by atoms with Gasteiger partial charge in [-0.2, -0.15) is 5.10 Å². The van der Waals surface area contributed by atoms with Crippen molar-refractivity contribution >= 4 is 5.97 Å². The summed E-state index contributed by atoms with van der Waals surface area (Å²) in [6.45, 7) is 7.81. The number of carboxylic acid groups (broad SMARTS) is 1. The fraction of sp³-hybridized carbons (Fsp3) is 0.562. The fourth-order valence-corrected chi connectivity index (χ4v) is 3.02. The highest BCUT2D eigenvalue weighted by Crippen LogP contribution is 2.18. The molecule has 2 aromatic rings. The first-order valence-electron chi connectivity index (χ1n) is 8.03. The van der Waals surface area contributed by atoms with Gasteiger partial charge in [0, 0.05) is 38.3 Å². The first kappa shape index (κ1) is 15.7. The van der Waals surface area contributed by atoms with E-state index in [9.17, 15) is 4.79 Å². The van der Waals surface area contributed by atoms with Crippen LogP contribution in [0.2, 0.25) is 0 Å². The van der Waals surface area contributed by atoms with Crippen molar-refractivity contribution in [1.29, 1.82) is 0 Å². The molecule has 0 atom stereocenters. The van der Waals surface area contributed by atoms with Crippen molar-refractivity contribution in [2.75, 3.05) is 6.54 Å². The second-order valence-corrected chi connectivity index (χ2v) is 6.34. The van der Waals surface area contributed by atoms with Gasteiger partial charge in [0.2, 0.25) is 0 Å². The lowest BCUT2D eigenvalue weighted by Crippen LogP contribution is -2.34. The van der Waals surface area contributed by atoms with Crippen molar-refractivity contribution < 1.29 is 9.90 Å². The molecule has 1 N–H and O–H groups in total. The molecule has 2 aromatic heterocycles. The zero-order valence-electron chi connectivity index (χ0n) is 13.6. The van der Waals surface area contributed by atoms with Gasteiger partial charge in [-0.25, -0.2) is 4.98 Å². The maximum Gasteiger partial charge on any atom is 0.303 e. The molecule has 0 aromatic carbocycles. The summed E-state index contributed by atoms with van der Waals surface area (Å²) in [5, 5.41) is 13.3. The normalized spacial score (nSPS) is 15.1. The van der Waals surface area contributed by atoms with E-state index in [2.05, 4.69) is 33.4 Å². The first-order chi connectivity index (χ1) is 11.0. The number of hydrogen-bond donors (Lipinski definition) is 1. The van der Waals surface area contributed by atoms with Gasteiger partial charge < -0.3 is 9.67 Å². The predicted octanol–water partition coefficient (Wildman–Crippen LogP) is 1.69. The third kappa shape index (κ3) is 3.61. The highest BCUT2D eigenvalue weighted by Gasteiger charge is 2.20. The number of hydrogen-bond acceptors (Lipinski definition) is 4. The van der Waals surface area contributed by atoms with Crippen LogP contribution in [0.25, 0.3) is 0 Å². The van der Waals surface area contributed by atoms with Gasteiger partial charge in [0.1, 0.15) is 0 Å². The second-order valence-electron chi connectivity index (χ2n) is 6.34. The van der Waals surface area contributed by atoms with Crippen LogP contribution in [0.5, 0.6) is 0 Å². The largest absolute Gasteiger partial charge is 0.481 e. The molecular formula is C16H23N5O2. The average molecular weight is 317 g/mol. The fourth-order valence-electron chi connectivity index (χ4n) is 3.02. The van der Waals surface area contributed by atoms with Crippen LogP contribution in [-0.2, 0) is 30.8 Å². The van der Waals surface area contributed by atoms with Gasteiger partial charge in [0.05, 0.1) is 36.4 Å². The van der Waals surface area contributed by atoms with Gasteiger partial charge in [0.25, 0.3) is 0 Å². The molecule has 0 radical (unpaired) electrons. The minimum absolute atomic E-state index is 0.133. The molecule has 3 heterocycles. The van der Waals surface area contributed by atoms with Crippen LogP contribution in [0.1, 0.15) is 43.4 Å². The standard InChI is InChI=1S/C16H23N5O2/c1-12(2)20-11-17-8-15(20)10-19-5-6-21-14(9-19)7-13(18-21)3-4-16(22)23/h7-8,11-12H,3-6,9-10H2,1-2H3,(H,22,23). The van der Waals surface area contributed by atoms with Crippen molar-refractivity contribution in [3.8, 4) is 0 Å². The highest BCUT2D eigenvalue weighted by molar-refractivity contribution is 5.66. The Labute approximate surface area is 135 Å². The van der Waals surface area contributed by atoms with Crippen molar-refractivity contribution in [3.63, 3.8) is 0 Å². The maximum atomic E-state index is 10.7. The van der Waals surface area contributed by atoms with Gasteiger partial charge in [0.15, 0.2) is 0 Å². The predicted molar refractivity (Wildman–Crippen MR) is 84.9 cm³/mol. The number of imidazole rings is 1. The number of carbonyl (C=O) groups is 1. The van der Waals surface area contributed by atoms with E-state index in [1.807, 2.05) is 23.3 Å². The van der Waals surface area contributed by atoms with E-state index in [0.717, 1.165) is 37.6 Å². The minimum Gasteiger partial charge on any atom is -0.481 e. The number of aryl methyl sites for hydroxylation is 1. The molecule has 0 saturated carbocycles. The highest BCUT2D eigenvalue weighted by atomic mass is 16.4. The molecule has 0 aliphatic carbocycles. The van der Waals surface area contributed by atoms with Crippen LogP contribution in [0.3, 0.4) is 0 Å². The Hall–Kier alpha value is -2.15. The lowest BCUT2D eigenvalue weighted by atomic mass is 10.2. The molecule has 1 aliphatic heterocycles. The third-order valence-corrected chi connectivity index (χ3v) is 4.21. The number of rotatable bonds is 6. The zero-order valence-corrected chi connectivity index (χ0v) is 13.6. The Morgan fingerprint density at radius 1 is 1.39 bits per heavy atom. The smallest absolute Gasteiger partial charge is 0.303 e. The molecule has 7 heteroatoms. The average Bonchev–Trinajstić information content (AvgIpc) is 3.10. The summed E-state index contributed by atoms with van der Waals surface area (Å²) < 4.78 is 4.21. The maximum absolute atomic E-state index is 10.7. The van der Waals surface area contributed by atoms with Gasteiger partial charge >= 0.3 is 5.97 Å². The number of aromatic nitrogens is 4. The molecule has 23 heavy (non-hydrogen) atoms. The van der Waals surface area contributed by atoms with Crippen LogP contribution in [-0.4, -0.2) is 41.9 Å². The molecule has 3 rings (SSSR count). The molecule has 0 spiro atoms. The Bertz CT molecular complexity index is 688. The summed E-state index contributed by atoms with van der Waals surface area (Å²) in [5.41, 5.74) is 3.25. The monoisotopic (exact) mass is 317 g/mol. The summed E-state index contributed by atoms with van der Waals surface area (Å²) in [6.07, 6.45) is 4.45. The quantitative estimate of drug-likeness (QED) is 0.877. The van der Waals surface area contributed by atoms with Crippen molar-refractivity contribution in [1.82, 2.24) is 24.2 Å². The molecular weight excluding hydrogens is 294 g/mol. The Morgan fingerprint density at radius 2 is 2.22 bits per heavy atom. The van der Waals surface area contributed by atoms with Crippen molar-refractivity contribution in [2.24, 2.45) is 0 Å². The van der Waals surface area contributed by atoms with E-state index in [0.29, 0.717) is 12.5 Å². The Morgan fingerprint density at radius 3 is 2.96 bits per heavy atom. The molecule has 0 amide bonds. The van der Waals surface area contributed by atoms with E-state index in [1.165, 1.54) is 5.69 Å².